The Bertz CT molecular complexity index is 1560. The molecule has 5 heterocycles. The van der Waals surface area contributed by atoms with E-state index in [0.717, 1.165) is 38.5 Å². The summed E-state index contributed by atoms with van der Waals surface area (Å²) in [5.41, 5.74) is -3.01. The van der Waals surface area contributed by atoms with Crippen molar-refractivity contribution in [3.63, 3.8) is 0 Å². The molecular weight excluding hydrogens is 838 g/mol. The molecule has 0 aromatic carbocycles. The zero-order valence-corrected chi connectivity index (χ0v) is 41.4. The predicted molar refractivity (Wildman–Crippen MR) is 234 cm³/mol. The van der Waals surface area contributed by atoms with Gasteiger partial charge >= 0.3 is 12.2 Å². The summed E-state index contributed by atoms with van der Waals surface area (Å²) in [4.78, 5) is 29.3. The SMILES string of the molecule is CO[C@@]1(C)O[C@@H]2[C@@H](CCl)C3(CC3)N(C(=O)OC(C)(C)C)C[C@H]2OC1(C)C.CO[C@@]1(C)O[C@@H]2[C@@H](CO)C3(CC3)N(C(=O)OC(C)(C)C)C[C@H]2OC1(C)C.C[C@@H]1[C@@H](O)[C@H](O)CNC12CC2. The second-order valence-corrected chi connectivity index (χ2v) is 22.9. The Morgan fingerprint density at radius 1 is 0.698 bits per heavy atom. The Balaban J connectivity index is 0.000000169. The van der Waals surface area contributed by atoms with E-state index in [1.54, 1.807) is 19.1 Å². The number of carbonyl (C=O) groups excluding carboxylic acids is 2. The third-order valence-electron chi connectivity index (χ3n) is 15.6. The minimum absolute atomic E-state index is 0.0268. The number of alkyl halides is 1. The molecule has 0 aromatic rings. The number of nitrogens with one attached hydrogen (secondary N) is 1. The maximum atomic E-state index is 12.9. The van der Waals surface area contributed by atoms with Gasteiger partial charge < -0.3 is 58.5 Å². The molecule has 3 aliphatic carbocycles. The highest BCUT2D eigenvalue weighted by atomic mass is 35.5. The Hall–Kier alpha value is -1.57. The second-order valence-electron chi connectivity index (χ2n) is 22.6. The van der Waals surface area contributed by atoms with Crippen LogP contribution in [-0.2, 0) is 37.9 Å². The van der Waals surface area contributed by atoms with Crippen molar-refractivity contribution in [1.82, 2.24) is 15.1 Å². The second kappa shape index (κ2) is 17.2. The highest BCUT2D eigenvalue weighted by Crippen LogP contribution is 2.58. The molecule has 8 fully saturated rings. The number of halogens is 1. The smallest absolute Gasteiger partial charge is 0.410 e. The first-order valence-corrected chi connectivity index (χ1v) is 23.6. The number of piperidine rings is 3. The molecule has 0 aromatic heterocycles. The van der Waals surface area contributed by atoms with Gasteiger partial charge in [-0.15, -0.1) is 11.6 Å². The van der Waals surface area contributed by atoms with Crippen LogP contribution in [0, 0.1) is 17.8 Å². The van der Waals surface area contributed by atoms with Crippen LogP contribution in [0.3, 0.4) is 0 Å². The zero-order valence-electron chi connectivity index (χ0n) is 40.7. The fraction of sp³-hybridized carbons (Fsp3) is 0.957. The number of methoxy groups -OCH3 is 2. The Morgan fingerprint density at radius 2 is 1.10 bits per heavy atom. The fourth-order valence-electron chi connectivity index (χ4n) is 10.6. The minimum Gasteiger partial charge on any atom is -0.444 e. The van der Waals surface area contributed by atoms with Gasteiger partial charge in [-0.05, 0) is 122 Å². The van der Waals surface area contributed by atoms with E-state index in [1.807, 2.05) is 94.9 Å². The van der Waals surface area contributed by atoms with E-state index in [0.29, 0.717) is 25.5 Å². The number of rotatable bonds is 4. The number of fused-ring (bicyclic) bond motifs is 2. The van der Waals surface area contributed by atoms with E-state index in [-0.39, 0.29) is 72.0 Å². The van der Waals surface area contributed by atoms with E-state index in [1.165, 1.54) is 0 Å². The molecule has 17 heteroatoms. The van der Waals surface area contributed by atoms with Gasteiger partial charge in [0.05, 0.1) is 55.2 Å². The summed E-state index contributed by atoms with van der Waals surface area (Å²) in [6, 6.07) is 0. The number of hydrogen-bond acceptors (Lipinski definition) is 14. The van der Waals surface area contributed by atoms with Crippen LogP contribution in [0.25, 0.3) is 0 Å². The van der Waals surface area contributed by atoms with Crippen LogP contribution in [0.5, 0.6) is 0 Å². The monoisotopic (exact) mass is 918 g/mol. The van der Waals surface area contributed by atoms with Crippen LogP contribution < -0.4 is 5.32 Å². The van der Waals surface area contributed by atoms with E-state index in [4.69, 9.17) is 49.5 Å². The maximum absolute atomic E-state index is 12.9. The van der Waals surface area contributed by atoms with E-state index in [9.17, 15) is 24.9 Å². The quantitative estimate of drug-likeness (QED) is 0.265. The summed E-state index contributed by atoms with van der Waals surface area (Å²) in [6.45, 7) is 26.0. The lowest BCUT2D eigenvalue weighted by atomic mass is 9.80. The summed E-state index contributed by atoms with van der Waals surface area (Å²) in [5.74, 6) is -1.47. The van der Waals surface area contributed by atoms with E-state index < -0.39 is 51.7 Å². The molecule has 16 nitrogen and oxygen atoms in total. The Morgan fingerprint density at radius 3 is 1.43 bits per heavy atom. The van der Waals surface area contributed by atoms with Crippen molar-refractivity contribution in [2.45, 2.75) is 216 Å². The number of likely N-dealkylation sites (tertiary alicyclic amines) is 2. The number of nitrogens with zero attached hydrogens (tertiary/aromatic N) is 2. The first-order valence-electron chi connectivity index (χ1n) is 23.0. The Labute approximate surface area is 380 Å². The number of aliphatic hydroxyl groups excluding tert-OH is 3. The number of amides is 2. The van der Waals surface area contributed by atoms with Gasteiger partial charge in [0, 0.05) is 49.9 Å². The number of aliphatic hydroxyl groups is 3. The molecule has 8 rings (SSSR count). The van der Waals surface area contributed by atoms with Crippen molar-refractivity contribution < 1.29 is 62.8 Å². The van der Waals surface area contributed by atoms with Gasteiger partial charge in [-0.2, -0.15) is 0 Å². The first-order chi connectivity index (χ1) is 28.9. The lowest BCUT2D eigenvalue weighted by Crippen LogP contribution is -2.72. The number of ether oxygens (including phenoxy) is 8. The van der Waals surface area contributed by atoms with E-state index >= 15 is 0 Å². The Kier molecular flexibility index (Phi) is 13.9. The average Bonchev–Trinajstić information content (AvgIpc) is 4.07. The van der Waals surface area contributed by atoms with Crippen molar-refractivity contribution in [2.75, 3.05) is 46.3 Å². The first kappa shape index (κ1) is 50.8. The molecule has 0 bridgehead atoms. The molecule has 364 valence electrons. The molecule has 11 atom stereocenters. The lowest BCUT2D eigenvalue weighted by molar-refractivity contribution is -0.398. The summed E-state index contributed by atoms with van der Waals surface area (Å²) in [7, 11) is 3.23. The van der Waals surface area contributed by atoms with Crippen molar-refractivity contribution in [3.05, 3.63) is 0 Å². The topological polar surface area (TPSA) is 187 Å². The van der Waals surface area contributed by atoms with Crippen molar-refractivity contribution >= 4 is 23.8 Å². The highest BCUT2D eigenvalue weighted by molar-refractivity contribution is 6.18. The maximum Gasteiger partial charge on any atom is 0.410 e. The van der Waals surface area contributed by atoms with Gasteiger partial charge in [0.25, 0.3) is 0 Å². The summed E-state index contributed by atoms with van der Waals surface area (Å²) in [5, 5.41) is 32.3. The van der Waals surface area contributed by atoms with Gasteiger partial charge in [-0.3, -0.25) is 9.80 Å². The third-order valence-corrected chi connectivity index (χ3v) is 16.0. The van der Waals surface area contributed by atoms with Crippen LogP contribution in [0.15, 0.2) is 0 Å². The van der Waals surface area contributed by atoms with Crippen molar-refractivity contribution in [2.24, 2.45) is 17.8 Å². The molecule has 5 aliphatic heterocycles. The lowest BCUT2D eigenvalue weighted by Gasteiger charge is -2.58. The summed E-state index contributed by atoms with van der Waals surface area (Å²) < 4.78 is 48.1. The molecular formula is C46H80ClN3O13. The summed E-state index contributed by atoms with van der Waals surface area (Å²) >= 11 is 6.38. The third kappa shape index (κ3) is 9.49. The molecule has 0 radical (unpaired) electrons. The van der Waals surface area contributed by atoms with Crippen LogP contribution in [0.2, 0.25) is 0 Å². The molecule has 4 N–H and O–H groups in total. The molecule has 63 heavy (non-hydrogen) atoms. The summed E-state index contributed by atoms with van der Waals surface area (Å²) in [6.07, 6.45) is 2.86. The van der Waals surface area contributed by atoms with Gasteiger partial charge in [0.2, 0.25) is 0 Å². The van der Waals surface area contributed by atoms with Gasteiger partial charge in [-0.25, -0.2) is 9.59 Å². The van der Waals surface area contributed by atoms with Gasteiger partial charge in [-0.1, -0.05) is 6.92 Å². The highest BCUT2D eigenvalue weighted by Gasteiger charge is 2.69. The van der Waals surface area contributed by atoms with Crippen LogP contribution in [0.1, 0.15) is 129 Å². The molecule has 2 amide bonds. The predicted octanol–water partition coefficient (Wildman–Crippen LogP) is 5.33. The van der Waals surface area contributed by atoms with Crippen molar-refractivity contribution in [3.8, 4) is 0 Å². The van der Waals surface area contributed by atoms with Gasteiger partial charge in [0.15, 0.2) is 11.6 Å². The minimum atomic E-state index is -0.925. The van der Waals surface area contributed by atoms with E-state index in [2.05, 4.69) is 5.32 Å². The number of hydrogen-bond donors (Lipinski definition) is 4. The van der Waals surface area contributed by atoms with Crippen LogP contribution in [0.4, 0.5) is 9.59 Å². The average molecular weight is 919 g/mol. The van der Waals surface area contributed by atoms with Crippen molar-refractivity contribution in [1.29, 1.82) is 0 Å². The zero-order chi connectivity index (χ0) is 47.1. The molecule has 0 unspecified atom stereocenters. The number of carbonyl (C=O) groups is 2. The van der Waals surface area contributed by atoms with Crippen LogP contribution in [-0.4, -0.2) is 171 Å². The molecule has 5 saturated heterocycles. The largest absolute Gasteiger partial charge is 0.444 e. The normalized spacial score (nSPS) is 39.7. The fourth-order valence-corrected chi connectivity index (χ4v) is 11.0. The molecule has 8 aliphatic rings. The molecule has 3 spiro atoms. The van der Waals surface area contributed by atoms with Gasteiger partial charge in [0.1, 0.15) is 34.6 Å². The number of β-amino-alcohol motifs (C(OH)–C–C–N with tert-alkyl or cyclic N) is 1. The van der Waals surface area contributed by atoms with Crippen LogP contribution >= 0.6 is 11.6 Å². The standard InChI is InChI=1S/C19H32ClNO5.C19H33NO6.C8H15NO2/c1-16(2,3)26-15(22)21-11-13-14(12(10-20)19(21)8-9-19)25-18(6,23-7)17(4,5)24-13;1-16(2,3)26-15(22)20-10-13-14(12(11-21)19(20)8-9-19)25-18(6,23-7)17(4,5)24-13;1-5-7(11)6(10)4-9-8(5)2-3-8/h12-14H,8-11H2,1-7H3;12-14,21H,8-11H2,1-7H3;5-7,9-11H,2-4H2,1H3/t2*12-,13-,14-,18+;5-,6-,7-/m111/s1. The molecule has 3 saturated carbocycles.